The third kappa shape index (κ3) is 3.18. The summed E-state index contributed by atoms with van der Waals surface area (Å²) in [7, 11) is 0. The van der Waals surface area contributed by atoms with E-state index in [1.807, 2.05) is 18.2 Å². The second-order valence-electron chi connectivity index (χ2n) is 6.07. The van der Waals surface area contributed by atoms with Gasteiger partial charge in [0.1, 0.15) is 0 Å². The van der Waals surface area contributed by atoms with Crippen LogP contribution in [-0.2, 0) is 11.3 Å². The van der Waals surface area contributed by atoms with E-state index in [4.69, 9.17) is 10.00 Å². The van der Waals surface area contributed by atoms with E-state index in [1.54, 1.807) is 24.4 Å². The molecule has 1 aromatic carbocycles. The van der Waals surface area contributed by atoms with Crippen molar-refractivity contribution in [1.29, 1.82) is 5.26 Å². The number of aromatic amines is 1. The summed E-state index contributed by atoms with van der Waals surface area (Å²) in [6.07, 6.45) is 1.61. The number of morpholine rings is 1. The van der Waals surface area contributed by atoms with Crippen LogP contribution in [-0.4, -0.2) is 39.2 Å². The molecule has 0 saturated carbocycles. The average Bonchev–Trinajstić information content (AvgIpc) is 3.11. The summed E-state index contributed by atoms with van der Waals surface area (Å²) in [5, 5.41) is 11.9. The third-order valence-electron chi connectivity index (χ3n) is 4.36. The van der Waals surface area contributed by atoms with E-state index < -0.39 is 0 Å². The van der Waals surface area contributed by atoms with Gasteiger partial charge >= 0.3 is 0 Å². The zero-order valence-corrected chi connectivity index (χ0v) is 13.6. The molecule has 3 heterocycles. The van der Waals surface area contributed by atoms with Crippen LogP contribution in [0.1, 0.15) is 22.9 Å². The summed E-state index contributed by atoms with van der Waals surface area (Å²) >= 11 is 0. The summed E-state index contributed by atoms with van der Waals surface area (Å²) in [5.41, 5.74) is 2.88. The molecule has 0 aliphatic carbocycles. The zero-order valence-electron chi connectivity index (χ0n) is 13.6. The first-order chi connectivity index (χ1) is 12.2. The smallest absolute Gasteiger partial charge is 0.272 e. The quantitative estimate of drug-likeness (QED) is 0.783. The Kier molecular flexibility index (Phi) is 4.06. The molecular formula is C18H17N5O2. The van der Waals surface area contributed by atoms with Crippen molar-refractivity contribution in [3.05, 3.63) is 69.8 Å². The first-order valence-electron chi connectivity index (χ1n) is 8.13. The average molecular weight is 335 g/mol. The second kappa shape index (κ2) is 6.51. The van der Waals surface area contributed by atoms with Gasteiger partial charge in [-0.25, -0.2) is 9.50 Å². The van der Waals surface area contributed by atoms with Gasteiger partial charge in [-0.2, -0.15) is 5.26 Å². The molecule has 1 fully saturated rings. The van der Waals surface area contributed by atoms with E-state index in [2.05, 4.69) is 21.1 Å². The predicted octanol–water partition coefficient (Wildman–Crippen LogP) is 1.47. The van der Waals surface area contributed by atoms with Gasteiger partial charge in [0, 0.05) is 38.0 Å². The van der Waals surface area contributed by atoms with Crippen molar-refractivity contribution in [1.82, 2.24) is 19.5 Å². The highest BCUT2D eigenvalue weighted by Gasteiger charge is 2.23. The number of nitriles is 1. The monoisotopic (exact) mass is 335 g/mol. The lowest BCUT2D eigenvalue weighted by molar-refractivity contribution is -0.0332. The number of nitrogens with zero attached hydrogens (tertiary/aromatic N) is 4. The number of hydrogen-bond acceptors (Lipinski definition) is 5. The molecule has 1 atom stereocenters. The molecular weight excluding hydrogens is 318 g/mol. The minimum atomic E-state index is -0.114. The first kappa shape index (κ1) is 15.6. The minimum absolute atomic E-state index is 0.0841. The SMILES string of the molecule is N#Cc1cccc(C2CN(Cc3cc(=O)n4[nH]ccc4n3)CCO2)c1. The van der Waals surface area contributed by atoms with Crippen molar-refractivity contribution in [2.45, 2.75) is 12.6 Å². The molecule has 0 spiro atoms. The summed E-state index contributed by atoms with van der Waals surface area (Å²) in [6, 6.07) is 13.0. The molecule has 7 nitrogen and oxygen atoms in total. The Balaban J connectivity index is 1.52. The van der Waals surface area contributed by atoms with Crippen LogP contribution in [0.2, 0.25) is 0 Å². The summed E-state index contributed by atoms with van der Waals surface area (Å²) in [4.78, 5) is 18.8. The van der Waals surface area contributed by atoms with Crippen LogP contribution in [0.4, 0.5) is 0 Å². The fourth-order valence-electron chi connectivity index (χ4n) is 3.14. The maximum atomic E-state index is 12.1. The van der Waals surface area contributed by atoms with E-state index in [-0.39, 0.29) is 11.7 Å². The van der Waals surface area contributed by atoms with Crippen molar-refractivity contribution in [2.75, 3.05) is 19.7 Å². The van der Waals surface area contributed by atoms with E-state index in [0.717, 1.165) is 17.8 Å². The highest BCUT2D eigenvalue weighted by atomic mass is 16.5. The van der Waals surface area contributed by atoms with Gasteiger partial charge in [0.15, 0.2) is 5.65 Å². The Morgan fingerprint density at radius 3 is 3.16 bits per heavy atom. The number of hydrogen-bond donors (Lipinski definition) is 1. The van der Waals surface area contributed by atoms with Crippen LogP contribution in [0.3, 0.4) is 0 Å². The molecule has 4 rings (SSSR count). The van der Waals surface area contributed by atoms with Crippen LogP contribution in [0, 0.1) is 11.3 Å². The highest BCUT2D eigenvalue weighted by Crippen LogP contribution is 2.23. The number of nitrogens with one attached hydrogen (secondary N) is 1. The molecule has 3 aromatic rings. The van der Waals surface area contributed by atoms with Gasteiger partial charge in [-0.15, -0.1) is 0 Å². The third-order valence-corrected chi connectivity index (χ3v) is 4.36. The summed E-state index contributed by atoms with van der Waals surface area (Å²) in [5.74, 6) is 0. The molecule has 1 N–H and O–H groups in total. The van der Waals surface area contributed by atoms with Crippen molar-refractivity contribution in [2.24, 2.45) is 0 Å². The highest BCUT2D eigenvalue weighted by molar-refractivity contribution is 5.36. The number of benzene rings is 1. The largest absolute Gasteiger partial charge is 0.371 e. The Hall–Kier alpha value is -2.95. The molecule has 0 radical (unpaired) electrons. The summed E-state index contributed by atoms with van der Waals surface area (Å²) < 4.78 is 7.29. The van der Waals surface area contributed by atoms with Gasteiger partial charge in [-0.1, -0.05) is 12.1 Å². The predicted molar refractivity (Wildman–Crippen MR) is 90.9 cm³/mol. The van der Waals surface area contributed by atoms with Crippen LogP contribution < -0.4 is 5.56 Å². The van der Waals surface area contributed by atoms with Crippen molar-refractivity contribution in [3.63, 3.8) is 0 Å². The number of H-pyrrole nitrogens is 1. The molecule has 126 valence electrons. The molecule has 1 unspecified atom stereocenters. The van der Waals surface area contributed by atoms with Gasteiger partial charge in [-0.3, -0.25) is 14.8 Å². The topological polar surface area (TPSA) is 86.4 Å². The first-order valence-corrected chi connectivity index (χ1v) is 8.13. The fraction of sp³-hybridized carbons (Fsp3) is 0.278. The van der Waals surface area contributed by atoms with Gasteiger partial charge in [0.05, 0.1) is 30.0 Å². The lowest BCUT2D eigenvalue weighted by Crippen LogP contribution is -2.38. The van der Waals surface area contributed by atoms with Gasteiger partial charge in [0.2, 0.25) is 0 Å². The number of fused-ring (bicyclic) bond motifs is 1. The van der Waals surface area contributed by atoms with E-state index in [9.17, 15) is 4.79 Å². The fourth-order valence-corrected chi connectivity index (χ4v) is 3.14. The molecule has 2 aromatic heterocycles. The zero-order chi connectivity index (χ0) is 17.2. The maximum absolute atomic E-state index is 12.1. The minimum Gasteiger partial charge on any atom is -0.371 e. The molecule has 0 amide bonds. The van der Waals surface area contributed by atoms with Gasteiger partial charge < -0.3 is 4.74 Å². The normalized spacial score (nSPS) is 18.3. The Labute approximate surface area is 144 Å². The Bertz CT molecular complexity index is 1000. The lowest BCUT2D eigenvalue weighted by atomic mass is 10.0. The van der Waals surface area contributed by atoms with Crippen LogP contribution in [0.5, 0.6) is 0 Å². The van der Waals surface area contributed by atoms with Crippen molar-refractivity contribution < 1.29 is 4.74 Å². The molecule has 0 bridgehead atoms. The van der Waals surface area contributed by atoms with Crippen LogP contribution in [0.15, 0.2) is 47.4 Å². The lowest BCUT2D eigenvalue weighted by Gasteiger charge is -2.33. The number of rotatable bonds is 3. The van der Waals surface area contributed by atoms with Crippen LogP contribution >= 0.6 is 0 Å². The Morgan fingerprint density at radius 2 is 2.28 bits per heavy atom. The number of aromatic nitrogens is 3. The maximum Gasteiger partial charge on any atom is 0.272 e. The van der Waals surface area contributed by atoms with E-state index >= 15 is 0 Å². The second-order valence-corrected chi connectivity index (χ2v) is 6.07. The molecule has 1 aliphatic heterocycles. The Morgan fingerprint density at radius 1 is 1.36 bits per heavy atom. The number of ether oxygens (including phenoxy) is 1. The molecule has 25 heavy (non-hydrogen) atoms. The van der Waals surface area contributed by atoms with E-state index in [1.165, 1.54) is 4.52 Å². The van der Waals surface area contributed by atoms with E-state index in [0.29, 0.717) is 30.9 Å². The standard InChI is InChI=1S/C18H17N5O2/c19-10-13-2-1-3-14(8-13)16-12-22(6-7-25-16)11-15-9-18(24)23-17(21-15)4-5-20-23/h1-5,8-9,16,20H,6-7,11-12H2. The molecule has 7 heteroatoms. The van der Waals surface area contributed by atoms with Crippen LogP contribution in [0.25, 0.3) is 5.65 Å². The summed E-state index contributed by atoms with van der Waals surface area (Å²) in [6.45, 7) is 2.67. The molecule has 1 aliphatic rings. The van der Waals surface area contributed by atoms with Crippen molar-refractivity contribution in [3.8, 4) is 6.07 Å². The van der Waals surface area contributed by atoms with Crippen molar-refractivity contribution >= 4 is 5.65 Å². The molecule has 1 saturated heterocycles. The van der Waals surface area contributed by atoms with Gasteiger partial charge in [-0.05, 0) is 17.7 Å². The van der Waals surface area contributed by atoms with Gasteiger partial charge in [0.25, 0.3) is 5.56 Å².